The molecule has 0 N–H and O–H groups in total. The smallest absolute Gasteiger partial charge is 0.156 e. The molecule has 1 heterocycles. The van der Waals surface area contributed by atoms with Gasteiger partial charge < -0.3 is 4.74 Å². The molecule has 3 fully saturated rings. The topological polar surface area (TPSA) is 43.4 Å². The van der Waals surface area contributed by atoms with Crippen LogP contribution in [0.5, 0.6) is 0 Å². The van der Waals surface area contributed by atoms with E-state index in [9.17, 15) is 9.59 Å². The predicted molar refractivity (Wildman–Crippen MR) is 125 cm³/mol. The van der Waals surface area contributed by atoms with Gasteiger partial charge in [0.05, 0.1) is 12.2 Å². The Labute approximate surface area is 190 Å². The summed E-state index contributed by atoms with van der Waals surface area (Å²) >= 11 is 0. The first-order valence-corrected chi connectivity index (χ1v) is 12.3. The number of rotatable bonds is 2. The highest BCUT2D eigenvalue weighted by molar-refractivity contribution is 5.93. The van der Waals surface area contributed by atoms with Crippen LogP contribution >= 0.6 is 0 Å². The highest BCUT2D eigenvalue weighted by Crippen LogP contribution is 2.70. The van der Waals surface area contributed by atoms with Gasteiger partial charge in [-0.05, 0) is 85.1 Å². The van der Waals surface area contributed by atoms with Gasteiger partial charge in [-0.25, -0.2) is 0 Å². The van der Waals surface area contributed by atoms with Crippen molar-refractivity contribution < 1.29 is 14.3 Å². The van der Waals surface area contributed by atoms with E-state index in [4.69, 9.17) is 4.74 Å². The Morgan fingerprint density at radius 1 is 1.09 bits per heavy atom. The number of fused-ring (bicyclic) bond motifs is 5. The molecule has 1 aliphatic heterocycles. The summed E-state index contributed by atoms with van der Waals surface area (Å²) in [7, 11) is 0. The molecule has 0 amide bonds. The Morgan fingerprint density at radius 2 is 1.91 bits per heavy atom. The van der Waals surface area contributed by atoms with Crippen LogP contribution in [0.15, 0.2) is 59.2 Å². The van der Waals surface area contributed by atoms with Crippen molar-refractivity contribution in [2.45, 2.75) is 69.8 Å². The number of benzene rings is 1. The van der Waals surface area contributed by atoms with Crippen LogP contribution < -0.4 is 0 Å². The molecule has 1 saturated heterocycles. The first-order chi connectivity index (χ1) is 15.5. The van der Waals surface area contributed by atoms with E-state index in [0.717, 1.165) is 57.0 Å². The van der Waals surface area contributed by atoms with Crippen molar-refractivity contribution >= 4 is 12.1 Å². The van der Waals surface area contributed by atoms with Crippen LogP contribution in [0.25, 0.3) is 0 Å². The number of aldehydes is 1. The molecule has 1 aromatic rings. The van der Waals surface area contributed by atoms with E-state index in [1.807, 2.05) is 18.2 Å². The molecule has 0 unspecified atom stereocenters. The lowest BCUT2D eigenvalue weighted by Crippen LogP contribution is -2.52. The number of hydrogen-bond acceptors (Lipinski definition) is 3. The zero-order chi connectivity index (χ0) is 22.1. The molecular weight excluding hydrogens is 396 g/mol. The molecule has 1 spiro atoms. The van der Waals surface area contributed by atoms with Gasteiger partial charge in [-0.2, -0.15) is 0 Å². The fraction of sp³-hybridized carbons (Fsp3) is 0.517. The largest absolute Gasteiger partial charge is 0.370 e. The molecule has 2 saturated carbocycles. The lowest BCUT2D eigenvalue weighted by molar-refractivity contribution is -0.114. The Hall–Kier alpha value is -2.26. The quantitative estimate of drug-likeness (QED) is 0.421. The molecule has 166 valence electrons. The summed E-state index contributed by atoms with van der Waals surface area (Å²) in [6.07, 6.45) is 10.8. The average Bonchev–Trinajstić information content (AvgIpc) is 3.33. The fourth-order valence-corrected chi connectivity index (χ4v) is 8.22. The van der Waals surface area contributed by atoms with Gasteiger partial charge in [-0.15, -0.1) is 0 Å². The van der Waals surface area contributed by atoms with Crippen molar-refractivity contribution in [2.24, 2.45) is 17.3 Å². The van der Waals surface area contributed by atoms with Crippen LogP contribution in [0.4, 0.5) is 0 Å². The molecule has 5 atom stereocenters. The number of hydrogen-bond donors (Lipinski definition) is 0. The average molecular weight is 429 g/mol. The second-order valence-electron chi connectivity index (χ2n) is 10.8. The van der Waals surface area contributed by atoms with Gasteiger partial charge in [0.25, 0.3) is 0 Å². The van der Waals surface area contributed by atoms with Gasteiger partial charge in [-0.3, -0.25) is 9.59 Å². The molecule has 0 aromatic heterocycles. The summed E-state index contributed by atoms with van der Waals surface area (Å²) in [5, 5.41) is 0. The maximum atomic E-state index is 12.2. The minimum Gasteiger partial charge on any atom is -0.370 e. The first-order valence-electron chi connectivity index (χ1n) is 12.3. The van der Waals surface area contributed by atoms with Gasteiger partial charge in [0.1, 0.15) is 6.29 Å². The van der Waals surface area contributed by atoms with Crippen LogP contribution in [0.3, 0.4) is 0 Å². The zero-order valence-corrected chi connectivity index (χ0v) is 19.0. The number of ketones is 1. The standard InChI is InChI=1S/C29H32O3/c1-18-12-14-32-29(18)13-11-26-24-9-7-21-15-22(31)8-10-23(21)27(24)25(16-28(26,29)2)20-5-3-19(17-30)4-6-20/h3-6,15,17,24-26H,1,7-14,16H2,2H3/t24-,25+,26-,28-,29-/m0/s1. The van der Waals surface area contributed by atoms with Gasteiger partial charge in [0.15, 0.2) is 5.78 Å². The van der Waals surface area contributed by atoms with Gasteiger partial charge in [0, 0.05) is 23.3 Å². The van der Waals surface area contributed by atoms with E-state index in [2.05, 4.69) is 25.6 Å². The second-order valence-corrected chi connectivity index (χ2v) is 10.8. The minimum atomic E-state index is -0.187. The molecule has 1 aromatic carbocycles. The monoisotopic (exact) mass is 428 g/mol. The van der Waals surface area contributed by atoms with Crippen LogP contribution in [-0.4, -0.2) is 24.3 Å². The highest BCUT2D eigenvalue weighted by atomic mass is 16.5. The third-order valence-corrected chi connectivity index (χ3v) is 9.65. The minimum absolute atomic E-state index is 0.0645. The van der Waals surface area contributed by atoms with E-state index in [-0.39, 0.29) is 16.8 Å². The first kappa shape index (κ1) is 20.4. The molecule has 3 nitrogen and oxygen atoms in total. The lowest BCUT2D eigenvalue weighted by atomic mass is 9.50. The molecule has 6 rings (SSSR count). The van der Waals surface area contributed by atoms with Crippen molar-refractivity contribution in [1.29, 1.82) is 0 Å². The maximum Gasteiger partial charge on any atom is 0.156 e. The fourth-order valence-electron chi connectivity index (χ4n) is 8.22. The molecule has 4 aliphatic carbocycles. The number of carbonyl (C=O) groups excluding carboxylic acids is 2. The molecule has 3 heteroatoms. The Morgan fingerprint density at radius 3 is 2.62 bits per heavy atom. The van der Waals surface area contributed by atoms with Crippen molar-refractivity contribution in [3.05, 3.63) is 70.3 Å². The third-order valence-electron chi connectivity index (χ3n) is 9.65. The van der Waals surface area contributed by atoms with Crippen molar-refractivity contribution in [3.8, 4) is 0 Å². The summed E-state index contributed by atoms with van der Waals surface area (Å²) in [5.74, 6) is 1.73. The van der Waals surface area contributed by atoms with Crippen molar-refractivity contribution in [1.82, 2.24) is 0 Å². The molecule has 0 bridgehead atoms. The van der Waals surface area contributed by atoms with Crippen molar-refractivity contribution in [3.63, 3.8) is 0 Å². The molecule has 32 heavy (non-hydrogen) atoms. The highest BCUT2D eigenvalue weighted by Gasteiger charge is 2.65. The summed E-state index contributed by atoms with van der Waals surface area (Å²) in [4.78, 5) is 23.5. The van der Waals surface area contributed by atoms with E-state index in [0.29, 0.717) is 24.2 Å². The third kappa shape index (κ3) is 2.64. The van der Waals surface area contributed by atoms with E-state index in [1.54, 1.807) is 5.57 Å². The van der Waals surface area contributed by atoms with Crippen LogP contribution in [0, 0.1) is 17.3 Å². The lowest BCUT2D eigenvalue weighted by Gasteiger charge is -2.55. The van der Waals surface area contributed by atoms with Crippen LogP contribution in [0.1, 0.15) is 80.1 Å². The number of ether oxygens (including phenoxy) is 1. The molecule has 5 aliphatic rings. The normalized spacial score (nSPS) is 38.4. The SMILES string of the molecule is C=C1CCO[C@@]12CC[C@H]1[C@@H]3CCC4=CC(=O)CCC4=C3[C@@H](c3ccc(C=O)cc3)C[C@@]12C. The van der Waals surface area contributed by atoms with Gasteiger partial charge >= 0.3 is 0 Å². The van der Waals surface area contributed by atoms with E-state index >= 15 is 0 Å². The van der Waals surface area contributed by atoms with Gasteiger partial charge in [-0.1, -0.05) is 43.3 Å². The van der Waals surface area contributed by atoms with E-state index in [1.165, 1.54) is 28.7 Å². The Kier molecular flexibility index (Phi) is 4.53. The number of carbonyl (C=O) groups is 2. The predicted octanol–water partition coefficient (Wildman–Crippen LogP) is 6.11. The molecule has 0 radical (unpaired) electrons. The number of allylic oxidation sites excluding steroid dienone is 4. The summed E-state index contributed by atoms with van der Waals surface area (Å²) in [6.45, 7) is 7.78. The molecular formula is C29H32O3. The van der Waals surface area contributed by atoms with Crippen molar-refractivity contribution in [2.75, 3.05) is 6.61 Å². The van der Waals surface area contributed by atoms with Crippen LogP contribution in [-0.2, 0) is 9.53 Å². The van der Waals surface area contributed by atoms with E-state index < -0.39 is 0 Å². The second kappa shape index (κ2) is 7.12. The summed E-state index contributed by atoms with van der Waals surface area (Å²) in [5.41, 5.74) is 7.55. The summed E-state index contributed by atoms with van der Waals surface area (Å²) in [6, 6.07) is 8.22. The Bertz CT molecular complexity index is 1070. The summed E-state index contributed by atoms with van der Waals surface area (Å²) < 4.78 is 6.59. The maximum absolute atomic E-state index is 12.2. The zero-order valence-electron chi connectivity index (χ0n) is 19.0. The van der Waals surface area contributed by atoms with Crippen LogP contribution in [0.2, 0.25) is 0 Å². The van der Waals surface area contributed by atoms with Gasteiger partial charge in [0.2, 0.25) is 0 Å². The Balaban J connectivity index is 1.53.